The highest BCUT2D eigenvalue weighted by molar-refractivity contribution is 6.32. The zero-order chi connectivity index (χ0) is 28.3. The lowest BCUT2D eigenvalue weighted by Crippen LogP contribution is -2.42. The summed E-state index contributed by atoms with van der Waals surface area (Å²) in [5.41, 5.74) is 1.73. The third-order valence-corrected chi connectivity index (χ3v) is 6.38. The summed E-state index contributed by atoms with van der Waals surface area (Å²) in [6.45, 7) is 6.54. The van der Waals surface area contributed by atoms with Crippen LogP contribution in [0.1, 0.15) is 50.3 Å². The lowest BCUT2D eigenvalue weighted by molar-refractivity contribution is -0.138. The van der Waals surface area contributed by atoms with Crippen molar-refractivity contribution in [3.8, 4) is 6.07 Å². The molecule has 9 heteroatoms. The molecule has 0 spiro atoms. The molecule has 0 aliphatic rings. The molecule has 38 heavy (non-hydrogen) atoms. The predicted octanol–water partition coefficient (Wildman–Crippen LogP) is 7.06. The highest BCUT2D eigenvalue weighted by Crippen LogP contribution is 2.34. The summed E-state index contributed by atoms with van der Waals surface area (Å²) < 4.78 is 46.1. The van der Waals surface area contributed by atoms with Gasteiger partial charge in [0.05, 0.1) is 23.3 Å². The second kappa shape index (κ2) is 14.6. The Morgan fingerprint density at radius 3 is 2.53 bits per heavy atom. The Hall–Kier alpha value is -3.28. The molecule has 0 fully saturated rings. The van der Waals surface area contributed by atoms with Gasteiger partial charge in [-0.2, -0.15) is 18.4 Å². The van der Waals surface area contributed by atoms with Gasteiger partial charge < -0.3 is 15.0 Å². The van der Waals surface area contributed by atoms with Gasteiger partial charge in [-0.05, 0) is 61.2 Å². The van der Waals surface area contributed by atoms with Crippen molar-refractivity contribution >= 4 is 23.3 Å². The number of halogens is 4. The van der Waals surface area contributed by atoms with E-state index in [0.717, 1.165) is 18.1 Å². The van der Waals surface area contributed by atoms with Crippen molar-refractivity contribution in [2.75, 3.05) is 25.1 Å². The van der Waals surface area contributed by atoms with Gasteiger partial charge in [0.2, 0.25) is 0 Å². The third kappa shape index (κ3) is 8.64. The number of methoxy groups -OCH3 is 1. The van der Waals surface area contributed by atoms with Crippen LogP contribution in [0.2, 0.25) is 5.02 Å². The molecular formula is C29H33ClF3N3O2. The third-order valence-electron chi connectivity index (χ3n) is 6.06. The van der Waals surface area contributed by atoms with Gasteiger partial charge in [0.15, 0.2) is 0 Å². The molecule has 5 nitrogen and oxygen atoms in total. The minimum atomic E-state index is -4.49. The first kappa shape index (κ1) is 30.9. The molecule has 0 amide bonds. The second-order valence-corrected chi connectivity index (χ2v) is 9.17. The maximum Gasteiger partial charge on any atom is 0.416 e. The number of benzene rings is 2. The van der Waals surface area contributed by atoms with Crippen molar-refractivity contribution in [1.82, 2.24) is 5.32 Å². The number of hydrogen-bond donors (Lipinski definition) is 1. The summed E-state index contributed by atoms with van der Waals surface area (Å²) in [6, 6.07) is 12.2. The summed E-state index contributed by atoms with van der Waals surface area (Å²) in [5, 5.41) is 12.9. The van der Waals surface area contributed by atoms with Gasteiger partial charge >= 0.3 is 12.1 Å². The zero-order valence-corrected chi connectivity index (χ0v) is 22.8. The molecule has 0 saturated carbocycles. The van der Waals surface area contributed by atoms with Gasteiger partial charge in [-0.3, -0.25) is 0 Å². The molecule has 0 aliphatic carbocycles. The van der Waals surface area contributed by atoms with Gasteiger partial charge in [-0.15, -0.1) is 0 Å². The number of carbonyl (C=O) groups is 1. The van der Waals surface area contributed by atoms with Gasteiger partial charge in [0, 0.05) is 36.9 Å². The van der Waals surface area contributed by atoms with Crippen LogP contribution in [0.4, 0.5) is 18.9 Å². The number of ether oxygens (including phenoxy) is 1. The minimum absolute atomic E-state index is 0.00287. The molecular weight excluding hydrogens is 515 g/mol. The van der Waals surface area contributed by atoms with Crippen molar-refractivity contribution < 1.29 is 22.7 Å². The molecule has 2 aromatic carbocycles. The summed E-state index contributed by atoms with van der Waals surface area (Å²) in [6.07, 6.45) is 0.666. The predicted molar refractivity (Wildman–Crippen MR) is 145 cm³/mol. The number of nitriles is 1. The van der Waals surface area contributed by atoms with E-state index in [4.69, 9.17) is 16.3 Å². The van der Waals surface area contributed by atoms with Crippen molar-refractivity contribution in [1.29, 1.82) is 5.26 Å². The highest BCUT2D eigenvalue weighted by atomic mass is 35.5. The van der Waals surface area contributed by atoms with E-state index in [9.17, 15) is 23.2 Å². The first-order valence-corrected chi connectivity index (χ1v) is 12.7. The molecule has 2 aromatic rings. The topological polar surface area (TPSA) is 65.4 Å². The summed E-state index contributed by atoms with van der Waals surface area (Å²) in [4.78, 5) is 13.7. The fourth-order valence-corrected chi connectivity index (χ4v) is 4.34. The Morgan fingerprint density at radius 2 is 1.95 bits per heavy atom. The van der Waals surface area contributed by atoms with Crippen LogP contribution < -0.4 is 10.2 Å². The van der Waals surface area contributed by atoms with E-state index in [1.54, 1.807) is 37.3 Å². The average molecular weight is 548 g/mol. The number of alkyl halides is 3. The normalized spacial score (nSPS) is 13.1. The molecule has 0 radical (unpaired) electrons. The van der Waals surface area contributed by atoms with Crippen LogP contribution in [0.25, 0.3) is 0 Å². The van der Waals surface area contributed by atoms with E-state index in [1.165, 1.54) is 19.2 Å². The Bertz CT molecular complexity index is 1200. The van der Waals surface area contributed by atoms with E-state index in [1.807, 2.05) is 30.9 Å². The number of esters is 1. The molecule has 0 saturated heterocycles. The molecule has 0 heterocycles. The van der Waals surface area contributed by atoms with Crippen LogP contribution in [0.3, 0.4) is 0 Å². The van der Waals surface area contributed by atoms with E-state index in [-0.39, 0.29) is 23.2 Å². The van der Waals surface area contributed by atoms with Crippen LogP contribution in [0, 0.1) is 11.3 Å². The van der Waals surface area contributed by atoms with Crippen molar-refractivity contribution in [2.24, 2.45) is 0 Å². The Balaban J connectivity index is 2.38. The largest absolute Gasteiger partial charge is 0.466 e. The first-order valence-electron chi connectivity index (χ1n) is 12.3. The molecule has 1 N–H and O–H groups in total. The van der Waals surface area contributed by atoms with E-state index in [0.29, 0.717) is 36.3 Å². The summed E-state index contributed by atoms with van der Waals surface area (Å²) >= 11 is 6.30. The maximum atomic E-state index is 13.8. The highest BCUT2D eigenvalue weighted by Gasteiger charge is 2.34. The van der Waals surface area contributed by atoms with Gasteiger partial charge in [0.25, 0.3) is 0 Å². The number of allylic oxidation sites excluding steroid dienone is 1. The lowest BCUT2D eigenvalue weighted by Gasteiger charge is -2.34. The maximum absolute atomic E-state index is 13.8. The van der Waals surface area contributed by atoms with Gasteiger partial charge in [-0.1, -0.05) is 49.7 Å². The minimum Gasteiger partial charge on any atom is -0.466 e. The molecule has 0 aliphatic heterocycles. The van der Waals surface area contributed by atoms with Crippen molar-refractivity contribution in [2.45, 2.75) is 52.4 Å². The number of anilines is 1. The molecule has 0 aromatic heterocycles. The van der Waals surface area contributed by atoms with Crippen LogP contribution in [-0.2, 0) is 22.3 Å². The number of nitrogens with zero attached hydrogens (tertiary/aromatic N) is 2. The fraction of sp³-hybridized carbons (Fsp3) is 0.379. The monoisotopic (exact) mass is 547 g/mol. The van der Waals surface area contributed by atoms with Gasteiger partial charge in [0.1, 0.15) is 6.07 Å². The van der Waals surface area contributed by atoms with E-state index in [2.05, 4.69) is 5.32 Å². The number of rotatable bonds is 12. The average Bonchev–Trinajstić information content (AvgIpc) is 2.89. The smallest absolute Gasteiger partial charge is 0.416 e. The molecule has 1 unspecified atom stereocenters. The quantitative estimate of drug-likeness (QED) is 0.175. The number of carbonyl (C=O) groups excluding carboxylic acids is 1. The van der Waals surface area contributed by atoms with E-state index < -0.39 is 17.7 Å². The summed E-state index contributed by atoms with van der Waals surface area (Å²) in [5.74, 6) is -0.411. The number of nitrogens with one attached hydrogen (secondary N) is 1. The lowest BCUT2D eigenvalue weighted by atomic mass is 10.0. The summed E-state index contributed by atoms with van der Waals surface area (Å²) in [7, 11) is 1.33. The SMILES string of the molecule is CC/C=C(\C=C(/C)C(=O)OC)CNCC(CC)N(Cc1ccccc1C(F)(F)F)c1ccc(C#N)c(Cl)c1. The van der Waals surface area contributed by atoms with Crippen molar-refractivity contribution in [3.63, 3.8) is 0 Å². The Morgan fingerprint density at radius 1 is 1.24 bits per heavy atom. The second-order valence-electron chi connectivity index (χ2n) is 8.76. The Kier molecular flexibility index (Phi) is 11.9. The van der Waals surface area contributed by atoms with E-state index >= 15 is 0 Å². The Labute approximate surface area is 227 Å². The van der Waals surface area contributed by atoms with Crippen LogP contribution in [-0.4, -0.2) is 32.2 Å². The molecule has 2 rings (SSSR count). The molecule has 204 valence electrons. The standard InChI is InChI=1S/C29H33ClF3N3O2/c1-5-9-21(14-20(3)28(37)38-4)17-35-18-24(6-2)36(25-13-12-22(16-34)27(30)15-25)19-23-10-7-8-11-26(23)29(31,32)33/h7-15,24,35H,5-6,17-19H2,1-4H3/b20-14+,21-9+. The first-order chi connectivity index (χ1) is 18.0. The molecule has 1 atom stereocenters. The molecule has 0 bridgehead atoms. The van der Waals surface area contributed by atoms with Crippen molar-refractivity contribution in [3.05, 3.63) is 87.5 Å². The number of hydrogen-bond acceptors (Lipinski definition) is 5. The van der Waals surface area contributed by atoms with Gasteiger partial charge in [-0.25, -0.2) is 4.79 Å². The van der Waals surface area contributed by atoms with Crippen LogP contribution in [0.15, 0.2) is 65.8 Å². The van der Waals surface area contributed by atoms with Crippen LogP contribution >= 0.6 is 11.6 Å². The fourth-order valence-electron chi connectivity index (χ4n) is 4.12. The zero-order valence-electron chi connectivity index (χ0n) is 22.0. The van der Waals surface area contributed by atoms with Crippen LogP contribution in [0.5, 0.6) is 0 Å².